The van der Waals surface area contributed by atoms with Gasteiger partial charge in [0.05, 0.1) is 34.2 Å². The van der Waals surface area contributed by atoms with Crippen molar-refractivity contribution in [2.75, 3.05) is 29.9 Å². The van der Waals surface area contributed by atoms with Crippen molar-refractivity contribution in [2.24, 2.45) is 4.99 Å². The van der Waals surface area contributed by atoms with E-state index in [2.05, 4.69) is 25.2 Å². The van der Waals surface area contributed by atoms with Crippen molar-refractivity contribution in [3.63, 3.8) is 0 Å². The smallest absolute Gasteiger partial charge is 0.234 e. The van der Waals surface area contributed by atoms with Crippen LogP contribution in [0.1, 0.15) is 31.5 Å². The maximum absolute atomic E-state index is 12.8. The molecule has 0 fully saturated rings. The van der Waals surface area contributed by atoms with E-state index < -0.39 is 5.92 Å². The van der Waals surface area contributed by atoms with Crippen LogP contribution in [-0.2, 0) is 4.79 Å². The summed E-state index contributed by atoms with van der Waals surface area (Å²) in [6.45, 7) is 4.33. The van der Waals surface area contributed by atoms with Crippen LogP contribution < -0.4 is 10.2 Å². The van der Waals surface area contributed by atoms with Gasteiger partial charge in [0.15, 0.2) is 0 Å². The molecule has 4 rings (SSSR count). The molecule has 2 N–H and O–H groups in total. The van der Waals surface area contributed by atoms with E-state index in [-0.39, 0.29) is 5.91 Å². The summed E-state index contributed by atoms with van der Waals surface area (Å²) in [5, 5.41) is 4.17. The fourth-order valence-electron chi connectivity index (χ4n) is 3.51. The SMILES string of the molecule is CC(C(=O)Nc1ccc(N2CCCC=NCC2)c(Cl)c1)c1nc2ccc(Cl)cc2[nH]1. The van der Waals surface area contributed by atoms with Gasteiger partial charge in [-0.3, -0.25) is 9.79 Å². The predicted molar refractivity (Wildman–Crippen MR) is 124 cm³/mol. The Labute approximate surface area is 185 Å². The molecule has 0 saturated heterocycles. The standard InChI is InChI=1S/C22H23Cl2N5O/c1-14(21-27-18-6-4-15(23)12-19(18)28-21)22(30)26-16-5-7-20(17(24)13-16)29-10-3-2-8-25-9-11-29/h4-8,12-14H,2-3,9-11H2,1H3,(H,26,30)(H,27,28). The molecule has 0 saturated carbocycles. The molecule has 3 aromatic rings. The highest BCUT2D eigenvalue weighted by Gasteiger charge is 2.20. The third-order valence-corrected chi connectivity index (χ3v) is 5.75. The van der Waals surface area contributed by atoms with Gasteiger partial charge in [-0.25, -0.2) is 4.98 Å². The molecule has 6 nitrogen and oxygen atoms in total. The molecule has 1 aliphatic heterocycles. The fourth-order valence-corrected chi connectivity index (χ4v) is 3.98. The molecule has 1 unspecified atom stereocenters. The van der Waals surface area contributed by atoms with Gasteiger partial charge < -0.3 is 15.2 Å². The van der Waals surface area contributed by atoms with Crippen LogP contribution in [0.2, 0.25) is 10.0 Å². The lowest BCUT2D eigenvalue weighted by atomic mass is 10.1. The van der Waals surface area contributed by atoms with Crippen molar-refractivity contribution in [1.82, 2.24) is 9.97 Å². The third kappa shape index (κ3) is 4.60. The van der Waals surface area contributed by atoms with Crippen molar-refractivity contribution in [3.05, 3.63) is 52.3 Å². The first-order valence-corrected chi connectivity index (χ1v) is 10.8. The largest absolute Gasteiger partial charge is 0.368 e. The minimum atomic E-state index is -0.457. The number of H-pyrrole nitrogens is 1. The van der Waals surface area contributed by atoms with Gasteiger partial charge in [-0.15, -0.1) is 0 Å². The van der Waals surface area contributed by atoms with Crippen LogP contribution in [0.3, 0.4) is 0 Å². The van der Waals surface area contributed by atoms with Gasteiger partial charge in [0.1, 0.15) is 5.82 Å². The number of fused-ring (bicyclic) bond motifs is 1. The molecule has 0 aliphatic carbocycles. The first kappa shape index (κ1) is 20.7. The molecular weight excluding hydrogens is 421 g/mol. The molecule has 0 radical (unpaired) electrons. The van der Waals surface area contributed by atoms with Crippen LogP contribution in [0.5, 0.6) is 0 Å². The van der Waals surface area contributed by atoms with Crippen molar-refractivity contribution in [2.45, 2.75) is 25.7 Å². The molecule has 0 bridgehead atoms. The zero-order valence-electron chi connectivity index (χ0n) is 16.7. The van der Waals surface area contributed by atoms with Gasteiger partial charge in [0, 0.05) is 23.8 Å². The number of hydrogen-bond acceptors (Lipinski definition) is 4. The van der Waals surface area contributed by atoms with E-state index in [0.29, 0.717) is 21.6 Å². The van der Waals surface area contributed by atoms with E-state index in [1.54, 1.807) is 18.2 Å². The first-order valence-electron chi connectivity index (χ1n) is 10.00. The number of rotatable bonds is 4. The number of halogens is 2. The summed E-state index contributed by atoms with van der Waals surface area (Å²) in [5.74, 6) is -0.0277. The number of aromatic amines is 1. The number of aliphatic imine (C=N–C) groups is 1. The lowest BCUT2D eigenvalue weighted by Gasteiger charge is -2.26. The Kier molecular flexibility index (Phi) is 6.25. The lowest BCUT2D eigenvalue weighted by molar-refractivity contribution is -0.117. The number of carbonyl (C=O) groups is 1. The Bertz CT molecular complexity index is 1090. The number of nitrogens with one attached hydrogen (secondary N) is 2. The van der Waals surface area contributed by atoms with E-state index >= 15 is 0 Å². The summed E-state index contributed by atoms with van der Waals surface area (Å²) in [6.07, 6.45) is 4.02. The molecule has 0 spiro atoms. The minimum absolute atomic E-state index is 0.162. The Morgan fingerprint density at radius 2 is 2.07 bits per heavy atom. The second-order valence-corrected chi connectivity index (χ2v) is 8.22. The molecule has 156 valence electrons. The van der Waals surface area contributed by atoms with Crippen molar-refractivity contribution in [1.29, 1.82) is 0 Å². The minimum Gasteiger partial charge on any atom is -0.368 e. The van der Waals surface area contributed by atoms with Gasteiger partial charge in [-0.1, -0.05) is 23.2 Å². The lowest BCUT2D eigenvalue weighted by Crippen LogP contribution is -2.29. The molecule has 30 heavy (non-hydrogen) atoms. The molecule has 1 aromatic heterocycles. The van der Waals surface area contributed by atoms with Crippen molar-refractivity contribution in [3.8, 4) is 0 Å². The van der Waals surface area contributed by atoms with Crippen LogP contribution >= 0.6 is 23.2 Å². The van der Waals surface area contributed by atoms with Gasteiger partial charge >= 0.3 is 0 Å². The molecule has 2 aromatic carbocycles. The molecule has 2 heterocycles. The predicted octanol–water partition coefficient (Wildman–Crippen LogP) is 5.28. The topological polar surface area (TPSA) is 73.4 Å². The number of aromatic nitrogens is 2. The number of benzene rings is 2. The Morgan fingerprint density at radius 1 is 1.20 bits per heavy atom. The van der Waals surface area contributed by atoms with E-state index in [0.717, 1.165) is 49.2 Å². The number of imidazole rings is 1. The van der Waals surface area contributed by atoms with Gasteiger partial charge in [-0.2, -0.15) is 0 Å². The average molecular weight is 444 g/mol. The van der Waals surface area contributed by atoms with Crippen molar-refractivity contribution >= 4 is 57.7 Å². The number of nitrogens with zero attached hydrogens (tertiary/aromatic N) is 3. The highest BCUT2D eigenvalue weighted by molar-refractivity contribution is 6.33. The zero-order chi connectivity index (χ0) is 21.1. The quantitative estimate of drug-likeness (QED) is 0.575. The van der Waals surface area contributed by atoms with Crippen LogP contribution in [0.25, 0.3) is 11.0 Å². The Morgan fingerprint density at radius 3 is 2.90 bits per heavy atom. The third-order valence-electron chi connectivity index (χ3n) is 5.21. The average Bonchev–Trinajstić information content (AvgIpc) is 3.11. The highest BCUT2D eigenvalue weighted by atomic mass is 35.5. The van der Waals surface area contributed by atoms with Crippen LogP contribution in [0.4, 0.5) is 11.4 Å². The molecule has 8 heteroatoms. The first-order chi connectivity index (χ1) is 14.5. The van der Waals surface area contributed by atoms with Gasteiger partial charge in [-0.05, 0) is 62.4 Å². The number of anilines is 2. The number of carbonyl (C=O) groups excluding carboxylic acids is 1. The Balaban J connectivity index is 1.46. The summed E-state index contributed by atoms with van der Waals surface area (Å²) in [6, 6.07) is 11.0. The second kappa shape index (κ2) is 9.06. The monoisotopic (exact) mass is 443 g/mol. The van der Waals surface area contributed by atoms with Crippen LogP contribution in [0, 0.1) is 0 Å². The summed E-state index contributed by atoms with van der Waals surface area (Å²) >= 11 is 12.6. The summed E-state index contributed by atoms with van der Waals surface area (Å²) in [5.41, 5.74) is 3.21. The maximum atomic E-state index is 12.8. The van der Waals surface area contributed by atoms with E-state index in [9.17, 15) is 4.79 Å². The molecule has 1 atom stereocenters. The molecule has 1 amide bonds. The summed E-state index contributed by atoms with van der Waals surface area (Å²) < 4.78 is 0. The van der Waals surface area contributed by atoms with E-state index in [4.69, 9.17) is 23.2 Å². The Hall–Kier alpha value is -2.57. The van der Waals surface area contributed by atoms with Gasteiger partial charge in [0.25, 0.3) is 0 Å². The summed E-state index contributed by atoms with van der Waals surface area (Å²) in [4.78, 5) is 27.1. The fraction of sp³-hybridized carbons (Fsp3) is 0.318. The van der Waals surface area contributed by atoms with E-state index in [1.165, 1.54) is 0 Å². The maximum Gasteiger partial charge on any atom is 0.234 e. The van der Waals surface area contributed by atoms with E-state index in [1.807, 2.05) is 31.3 Å². The second-order valence-electron chi connectivity index (χ2n) is 7.38. The van der Waals surface area contributed by atoms with Gasteiger partial charge in [0.2, 0.25) is 5.91 Å². The van der Waals surface area contributed by atoms with Crippen LogP contribution in [-0.4, -0.2) is 41.7 Å². The summed E-state index contributed by atoms with van der Waals surface area (Å²) in [7, 11) is 0. The zero-order valence-corrected chi connectivity index (χ0v) is 18.2. The molecule has 1 aliphatic rings. The number of amides is 1. The van der Waals surface area contributed by atoms with Crippen molar-refractivity contribution < 1.29 is 4.79 Å². The highest BCUT2D eigenvalue weighted by Crippen LogP contribution is 2.30. The molecular formula is C22H23Cl2N5O. The number of hydrogen-bond donors (Lipinski definition) is 2. The normalized spacial score (nSPS) is 15.6. The van der Waals surface area contributed by atoms with Crippen LogP contribution in [0.15, 0.2) is 41.4 Å².